The quantitative estimate of drug-likeness (QED) is 0.400. The van der Waals surface area contributed by atoms with Gasteiger partial charge in [-0.2, -0.15) is 0 Å². The highest BCUT2D eigenvalue weighted by molar-refractivity contribution is 6.09. The molecule has 1 aliphatic carbocycles. The van der Waals surface area contributed by atoms with Gasteiger partial charge in [0.2, 0.25) is 0 Å². The van der Waals surface area contributed by atoms with Crippen LogP contribution in [0.25, 0.3) is 0 Å². The number of fused-ring (bicyclic) bond motifs is 1. The molecule has 162 valence electrons. The van der Waals surface area contributed by atoms with E-state index in [1.807, 2.05) is 0 Å². The van der Waals surface area contributed by atoms with Crippen molar-refractivity contribution in [2.75, 3.05) is 33.8 Å². The second kappa shape index (κ2) is 9.75. The lowest BCUT2D eigenvalue weighted by atomic mass is 9.72. The van der Waals surface area contributed by atoms with Gasteiger partial charge in [-0.3, -0.25) is 16.0 Å². The molecule has 2 radical (unpaired) electrons. The van der Waals surface area contributed by atoms with Crippen LogP contribution in [0.3, 0.4) is 0 Å². The SMILES string of the molecule is [B]CC1NC(NC2CC3CCOC3C(C3=CCN(C)CCC3)C2)NC(NC)C1F. The Hall–Kier alpha value is -0.505. The number of halogens is 1. The van der Waals surface area contributed by atoms with Gasteiger partial charge in [-0.25, -0.2) is 4.39 Å². The zero-order chi connectivity index (χ0) is 20.4. The summed E-state index contributed by atoms with van der Waals surface area (Å²) in [6.45, 7) is 3.08. The van der Waals surface area contributed by atoms with Crippen LogP contribution in [-0.2, 0) is 4.74 Å². The molecule has 8 unspecified atom stereocenters. The van der Waals surface area contributed by atoms with E-state index in [2.05, 4.69) is 39.3 Å². The number of nitrogens with zero attached hydrogens (tertiary/aromatic N) is 1. The Bertz CT molecular complexity index is 567. The summed E-state index contributed by atoms with van der Waals surface area (Å²) in [4.78, 5) is 2.40. The van der Waals surface area contributed by atoms with Gasteiger partial charge in [0, 0.05) is 31.2 Å². The lowest BCUT2D eigenvalue weighted by Crippen LogP contribution is -2.73. The maximum Gasteiger partial charge on any atom is 0.143 e. The van der Waals surface area contributed by atoms with E-state index in [1.165, 1.54) is 12.8 Å². The van der Waals surface area contributed by atoms with Crippen LogP contribution in [0.5, 0.6) is 0 Å². The molecule has 3 fully saturated rings. The smallest absolute Gasteiger partial charge is 0.143 e. The predicted molar refractivity (Wildman–Crippen MR) is 114 cm³/mol. The summed E-state index contributed by atoms with van der Waals surface area (Å²) in [6, 6.07) is 0.0233. The molecule has 1 saturated carbocycles. The first-order valence-corrected chi connectivity index (χ1v) is 11.4. The minimum Gasteiger partial charge on any atom is -0.377 e. The summed E-state index contributed by atoms with van der Waals surface area (Å²) >= 11 is 0. The lowest BCUT2D eigenvalue weighted by molar-refractivity contribution is 0.0147. The average molecular weight is 405 g/mol. The van der Waals surface area contributed by atoms with Gasteiger partial charge in [0.05, 0.1) is 20.1 Å². The number of nitrogens with one attached hydrogen (secondary N) is 4. The third-order valence-corrected chi connectivity index (χ3v) is 7.33. The summed E-state index contributed by atoms with van der Waals surface area (Å²) in [5, 5.41) is 13.4. The van der Waals surface area contributed by atoms with Crippen molar-refractivity contribution in [2.24, 2.45) is 11.8 Å². The third kappa shape index (κ3) is 4.88. The molecule has 0 spiro atoms. The molecule has 3 aliphatic heterocycles. The standard InChI is InChI=1S/C21H37BFN5O/c1-24-20-18(23)17(12-22)26-21(27-20)25-15-10-14-6-9-29-19(14)16(11-15)13-4-3-7-28(2)8-5-13/h5,14-21,24-27H,3-4,6-12H2,1-2H3. The van der Waals surface area contributed by atoms with Gasteiger partial charge >= 0.3 is 0 Å². The summed E-state index contributed by atoms with van der Waals surface area (Å²) in [5.41, 5.74) is 1.58. The number of alkyl halides is 1. The Morgan fingerprint density at radius 1 is 1.34 bits per heavy atom. The maximum absolute atomic E-state index is 14.5. The number of likely N-dealkylation sites (N-methyl/N-ethyl adjacent to an activating group) is 1. The molecule has 4 rings (SSSR count). The van der Waals surface area contributed by atoms with Crippen LogP contribution in [-0.4, -0.2) is 83.4 Å². The predicted octanol–water partition coefficient (Wildman–Crippen LogP) is 0.727. The molecule has 8 atom stereocenters. The number of ether oxygens (including phenoxy) is 1. The molecule has 0 aromatic carbocycles. The van der Waals surface area contributed by atoms with Crippen LogP contribution >= 0.6 is 0 Å². The van der Waals surface area contributed by atoms with Crippen molar-refractivity contribution in [3.8, 4) is 0 Å². The highest BCUT2D eigenvalue weighted by Gasteiger charge is 2.44. The van der Waals surface area contributed by atoms with E-state index in [4.69, 9.17) is 12.6 Å². The van der Waals surface area contributed by atoms with E-state index >= 15 is 0 Å². The van der Waals surface area contributed by atoms with E-state index in [0.29, 0.717) is 24.0 Å². The van der Waals surface area contributed by atoms with Crippen LogP contribution in [0.1, 0.15) is 32.1 Å². The molecule has 4 N–H and O–H groups in total. The molecule has 0 aromatic rings. The van der Waals surface area contributed by atoms with Crippen molar-refractivity contribution in [1.29, 1.82) is 0 Å². The van der Waals surface area contributed by atoms with Crippen molar-refractivity contribution in [1.82, 2.24) is 26.2 Å². The minimum absolute atomic E-state index is 0.147. The molecule has 29 heavy (non-hydrogen) atoms. The molecule has 0 bridgehead atoms. The summed E-state index contributed by atoms with van der Waals surface area (Å²) < 4.78 is 20.7. The molecular weight excluding hydrogens is 368 g/mol. The van der Waals surface area contributed by atoms with E-state index in [-0.39, 0.29) is 18.7 Å². The van der Waals surface area contributed by atoms with Crippen LogP contribution < -0.4 is 21.3 Å². The maximum atomic E-state index is 14.5. The van der Waals surface area contributed by atoms with E-state index < -0.39 is 12.3 Å². The van der Waals surface area contributed by atoms with Crippen LogP contribution in [0.15, 0.2) is 11.6 Å². The largest absolute Gasteiger partial charge is 0.377 e. The van der Waals surface area contributed by atoms with Crippen molar-refractivity contribution in [3.63, 3.8) is 0 Å². The van der Waals surface area contributed by atoms with Crippen LogP contribution in [0.2, 0.25) is 6.32 Å². The second-order valence-electron chi connectivity index (χ2n) is 9.29. The Morgan fingerprint density at radius 3 is 3.00 bits per heavy atom. The van der Waals surface area contributed by atoms with Crippen LogP contribution in [0, 0.1) is 11.8 Å². The third-order valence-electron chi connectivity index (χ3n) is 7.33. The molecule has 0 aromatic heterocycles. The number of hydrogen-bond donors (Lipinski definition) is 4. The van der Waals surface area contributed by atoms with Gasteiger partial charge in [-0.15, -0.1) is 0 Å². The first-order chi connectivity index (χ1) is 14.1. The Kier molecular flexibility index (Phi) is 7.30. The monoisotopic (exact) mass is 405 g/mol. The molecule has 0 amide bonds. The lowest BCUT2D eigenvalue weighted by Gasteiger charge is -2.44. The summed E-state index contributed by atoms with van der Waals surface area (Å²) in [7, 11) is 9.79. The van der Waals surface area contributed by atoms with Gasteiger partial charge < -0.3 is 15.0 Å². The zero-order valence-electron chi connectivity index (χ0n) is 17.9. The number of hydrogen-bond acceptors (Lipinski definition) is 6. The fourth-order valence-corrected chi connectivity index (χ4v) is 5.74. The van der Waals surface area contributed by atoms with E-state index in [1.54, 1.807) is 12.6 Å². The van der Waals surface area contributed by atoms with Crippen molar-refractivity contribution >= 4 is 7.85 Å². The van der Waals surface area contributed by atoms with E-state index in [9.17, 15) is 4.39 Å². The summed E-state index contributed by atoms with van der Waals surface area (Å²) in [5.74, 6) is 1.10. The fourth-order valence-electron chi connectivity index (χ4n) is 5.74. The zero-order valence-corrected chi connectivity index (χ0v) is 17.9. The highest BCUT2D eigenvalue weighted by atomic mass is 19.1. The Morgan fingerprint density at radius 2 is 2.21 bits per heavy atom. The van der Waals surface area contributed by atoms with Gasteiger partial charge in [0.1, 0.15) is 12.5 Å². The topological polar surface area (TPSA) is 60.6 Å². The van der Waals surface area contributed by atoms with Gasteiger partial charge in [-0.1, -0.05) is 18.0 Å². The molecule has 4 aliphatic rings. The Labute approximate surface area is 176 Å². The second-order valence-corrected chi connectivity index (χ2v) is 9.29. The van der Waals surface area contributed by atoms with Gasteiger partial charge in [-0.05, 0) is 58.7 Å². The minimum atomic E-state index is -1.05. The first-order valence-electron chi connectivity index (χ1n) is 11.4. The first kappa shape index (κ1) is 21.7. The number of rotatable bonds is 5. The summed E-state index contributed by atoms with van der Waals surface area (Å²) in [6.07, 6.45) is 7.24. The van der Waals surface area contributed by atoms with Crippen molar-refractivity contribution in [3.05, 3.63) is 11.6 Å². The Balaban J connectivity index is 1.44. The molecular formula is C21H37BFN5O. The average Bonchev–Trinajstić information content (AvgIpc) is 3.09. The molecule has 3 heterocycles. The van der Waals surface area contributed by atoms with Gasteiger partial charge in [0.15, 0.2) is 0 Å². The van der Waals surface area contributed by atoms with Crippen molar-refractivity contribution < 1.29 is 9.13 Å². The fraction of sp³-hybridized carbons (Fsp3) is 0.905. The normalized spacial score (nSPS) is 44.2. The van der Waals surface area contributed by atoms with Gasteiger partial charge in [0.25, 0.3) is 0 Å². The molecule has 2 saturated heterocycles. The van der Waals surface area contributed by atoms with Crippen molar-refractivity contribution in [2.45, 2.75) is 75.2 Å². The van der Waals surface area contributed by atoms with Crippen LogP contribution in [0.4, 0.5) is 4.39 Å². The molecule has 8 heteroatoms. The van der Waals surface area contributed by atoms with E-state index in [0.717, 1.165) is 39.0 Å². The molecule has 6 nitrogen and oxygen atoms in total. The highest BCUT2D eigenvalue weighted by Crippen LogP contribution is 2.42.